The molecule has 0 saturated carbocycles. The number of thioether (sulfide) groups is 1. The van der Waals surface area contributed by atoms with Crippen LogP contribution in [-0.4, -0.2) is 19.0 Å². The van der Waals surface area contributed by atoms with Crippen molar-refractivity contribution in [3.63, 3.8) is 0 Å². The monoisotopic (exact) mass is 461 g/mol. The van der Waals surface area contributed by atoms with Gasteiger partial charge in [-0.3, -0.25) is 0 Å². The summed E-state index contributed by atoms with van der Waals surface area (Å²) in [5.74, 6) is 0.315. The molecule has 29 heavy (non-hydrogen) atoms. The van der Waals surface area contributed by atoms with E-state index in [0.29, 0.717) is 5.75 Å². The van der Waals surface area contributed by atoms with Crippen LogP contribution in [0.15, 0.2) is 125 Å². The molecule has 4 rings (SSSR count). The molecule has 0 aliphatic heterocycles. The number of phenols is 1. The Balaban J connectivity index is 1.83. The Kier molecular flexibility index (Phi) is 6.53. The topological polar surface area (TPSA) is 20.2 Å². The van der Waals surface area contributed by atoms with Crippen LogP contribution in [0, 0.1) is 0 Å². The molecular formula is C26H21OSSe+. The van der Waals surface area contributed by atoms with Gasteiger partial charge in [0, 0.05) is 0 Å². The molecule has 0 fully saturated rings. The van der Waals surface area contributed by atoms with Crippen LogP contribution in [0.3, 0.4) is 0 Å². The predicted octanol–water partition coefficient (Wildman–Crippen LogP) is 5.37. The van der Waals surface area contributed by atoms with Crippen molar-refractivity contribution in [2.45, 2.75) is 4.90 Å². The van der Waals surface area contributed by atoms with E-state index in [2.05, 4.69) is 89.9 Å². The first-order valence-electron chi connectivity index (χ1n) is 9.37. The van der Waals surface area contributed by atoms with Gasteiger partial charge in [-0.15, -0.1) is 0 Å². The number of phenolic OH excluding ortho intramolecular Hbond substituents is 1. The molecule has 3 heteroatoms. The molecule has 0 saturated heterocycles. The summed E-state index contributed by atoms with van der Waals surface area (Å²) in [7, 11) is 0. The molecule has 0 spiro atoms. The zero-order valence-corrected chi connectivity index (χ0v) is 18.3. The number of para-hydroxylation sites is 1. The van der Waals surface area contributed by atoms with Gasteiger partial charge in [0.15, 0.2) is 0 Å². The fourth-order valence-electron chi connectivity index (χ4n) is 2.93. The maximum absolute atomic E-state index is 10.3. The fourth-order valence-corrected chi connectivity index (χ4v) is 8.36. The van der Waals surface area contributed by atoms with Gasteiger partial charge in [0.1, 0.15) is 0 Å². The minimum absolute atomic E-state index is 0.315. The molecule has 1 nitrogen and oxygen atoms in total. The number of hydrogen-bond donors (Lipinski definition) is 1. The number of benzene rings is 4. The van der Waals surface area contributed by atoms with Crippen molar-refractivity contribution >= 4 is 39.5 Å². The van der Waals surface area contributed by atoms with Gasteiger partial charge in [0.25, 0.3) is 0 Å². The summed E-state index contributed by atoms with van der Waals surface area (Å²) < 4.78 is 2.73. The zero-order chi connectivity index (χ0) is 19.9. The van der Waals surface area contributed by atoms with E-state index >= 15 is 0 Å². The minimum atomic E-state index is -1.43. The molecule has 4 aromatic carbocycles. The molecule has 0 heterocycles. The number of hydrogen-bond acceptors (Lipinski definition) is 2. The normalized spacial score (nSPS) is 11.6. The first kappa shape index (κ1) is 19.6. The second kappa shape index (κ2) is 9.67. The van der Waals surface area contributed by atoms with E-state index < -0.39 is 13.9 Å². The van der Waals surface area contributed by atoms with Crippen molar-refractivity contribution in [1.29, 1.82) is 0 Å². The van der Waals surface area contributed by atoms with E-state index in [1.165, 1.54) is 19.4 Å². The van der Waals surface area contributed by atoms with Crippen LogP contribution in [0.2, 0.25) is 0 Å². The van der Waals surface area contributed by atoms with Gasteiger partial charge in [-0.2, -0.15) is 0 Å². The molecule has 142 valence electrons. The molecule has 0 amide bonds. The van der Waals surface area contributed by atoms with Gasteiger partial charge < -0.3 is 0 Å². The van der Waals surface area contributed by atoms with Crippen molar-refractivity contribution < 1.29 is 5.11 Å². The summed E-state index contributed by atoms with van der Waals surface area (Å²) >= 11 is 0.201. The third kappa shape index (κ3) is 5.02. The molecular weight excluding hydrogens is 439 g/mol. The van der Waals surface area contributed by atoms with Crippen LogP contribution >= 0.6 is 11.8 Å². The van der Waals surface area contributed by atoms with Gasteiger partial charge in [-0.05, 0) is 0 Å². The van der Waals surface area contributed by atoms with E-state index in [1.54, 1.807) is 17.8 Å². The van der Waals surface area contributed by atoms with Crippen molar-refractivity contribution in [3.05, 3.63) is 126 Å². The molecule has 0 aromatic heterocycles. The van der Waals surface area contributed by atoms with Gasteiger partial charge in [-0.25, -0.2) is 0 Å². The van der Waals surface area contributed by atoms with Crippen LogP contribution in [0.5, 0.6) is 5.75 Å². The summed E-state index contributed by atoms with van der Waals surface area (Å²) in [5.41, 5.74) is 1.17. The summed E-state index contributed by atoms with van der Waals surface area (Å²) in [6.45, 7) is 0. The molecule has 0 radical (unpaired) electrons. The summed E-state index contributed by atoms with van der Waals surface area (Å²) in [6.07, 6.45) is 0. The fraction of sp³-hybridized carbons (Fsp3) is 0. The average Bonchev–Trinajstić information content (AvgIpc) is 2.79. The van der Waals surface area contributed by atoms with Crippen molar-refractivity contribution in [3.8, 4) is 5.75 Å². The first-order valence-corrected chi connectivity index (χ1v) is 12.9. The van der Waals surface area contributed by atoms with Gasteiger partial charge >= 0.3 is 181 Å². The van der Waals surface area contributed by atoms with Crippen LogP contribution in [0.25, 0.3) is 4.91 Å². The second-order valence-corrected chi connectivity index (χ2v) is 11.4. The molecule has 0 aliphatic rings. The molecule has 0 aliphatic carbocycles. The zero-order valence-electron chi connectivity index (χ0n) is 15.8. The van der Waals surface area contributed by atoms with Crippen molar-refractivity contribution in [2.75, 3.05) is 0 Å². The molecule has 0 unspecified atom stereocenters. The van der Waals surface area contributed by atoms with E-state index in [1.807, 2.05) is 24.3 Å². The SMILES string of the molecule is Oc1ccccc1S/C(=C\[Se+](c1ccccc1)c1ccccc1)c1ccccc1. The summed E-state index contributed by atoms with van der Waals surface area (Å²) in [6, 6.07) is 39.4. The third-order valence-corrected chi connectivity index (χ3v) is 10.1. The standard InChI is InChI=1S/C26H20OSSe/c27-24-18-10-11-19-25(24)28-26(21-12-4-1-5-13-21)20-29(22-14-6-2-7-15-22)23-16-8-3-9-17-23/h1-20H/p+1/b26-20-. The predicted molar refractivity (Wildman–Crippen MR) is 126 cm³/mol. The van der Waals surface area contributed by atoms with Crippen molar-refractivity contribution in [1.82, 2.24) is 0 Å². The van der Waals surface area contributed by atoms with Gasteiger partial charge in [0.05, 0.1) is 0 Å². The van der Waals surface area contributed by atoms with E-state index in [9.17, 15) is 5.11 Å². The van der Waals surface area contributed by atoms with E-state index in [-0.39, 0.29) is 0 Å². The second-order valence-electron chi connectivity index (χ2n) is 6.38. The Hall–Kier alpha value is -2.71. The van der Waals surface area contributed by atoms with Crippen LogP contribution in [0.4, 0.5) is 0 Å². The summed E-state index contributed by atoms with van der Waals surface area (Å²) in [5, 5.41) is 10.3. The van der Waals surface area contributed by atoms with E-state index in [4.69, 9.17) is 0 Å². The Morgan fingerprint density at radius 3 is 1.66 bits per heavy atom. The van der Waals surface area contributed by atoms with Crippen LogP contribution in [0.1, 0.15) is 5.56 Å². The Bertz CT molecular complexity index is 1040. The molecule has 1 N–H and O–H groups in total. The van der Waals surface area contributed by atoms with Crippen LogP contribution in [-0.2, 0) is 0 Å². The molecule has 0 atom stereocenters. The number of aromatic hydroxyl groups is 1. The Morgan fingerprint density at radius 2 is 1.10 bits per heavy atom. The average molecular weight is 460 g/mol. The third-order valence-electron chi connectivity index (χ3n) is 4.36. The Labute approximate surface area is 180 Å². The van der Waals surface area contributed by atoms with Crippen molar-refractivity contribution in [2.24, 2.45) is 0 Å². The van der Waals surface area contributed by atoms with Gasteiger partial charge in [-0.1, -0.05) is 0 Å². The van der Waals surface area contributed by atoms with Gasteiger partial charge in [0.2, 0.25) is 0 Å². The number of rotatable bonds is 6. The molecule has 4 aromatic rings. The molecule has 0 bridgehead atoms. The maximum atomic E-state index is 10.3. The first-order chi connectivity index (χ1) is 14.3. The van der Waals surface area contributed by atoms with Crippen LogP contribution < -0.4 is 8.92 Å². The summed E-state index contributed by atoms with van der Waals surface area (Å²) in [4.78, 5) is 4.47. The van der Waals surface area contributed by atoms with E-state index in [0.717, 1.165) is 4.90 Å². The quantitative estimate of drug-likeness (QED) is 0.308. The Morgan fingerprint density at radius 1 is 0.621 bits per heavy atom.